The van der Waals surface area contributed by atoms with Gasteiger partial charge in [0.05, 0.1) is 0 Å². The fraction of sp³-hybridized carbons (Fsp3) is 1.00. The molecule has 1 saturated heterocycles. The van der Waals surface area contributed by atoms with Crippen LogP contribution >= 0.6 is 0 Å². The number of rotatable bonds is 1. The Morgan fingerprint density at radius 3 is 2.33 bits per heavy atom. The van der Waals surface area contributed by atoms with Crippen LogP contribution in [0.3, 0.4) is 0 Å². The maximum Gasteiger partial charge on any atom is 0.0228 e. The molecule has 2 aliphatic rings. The lowest BCUT2D eigenvalue weighted by atomic mass is 9.96. The summed E-state index contributed by atoms with van der Waals surface area (Å²) in [6.45, 7) is 5.93. The van der Waals surface area contributed by atoms with Gasteiger partial charge in [0.2, 0.25) is 0 Å². The molecule has 1 aliphatic carbocycles. The molecule has 0 aromatic carbocycles. The molecule has 0 aromatic heterocycles. The van der Waals surface area contributed by atoms with Gasteiger partial charge in [-0.3, -0.25) is 0 Å². The van der Waals surface area contributed by atoms with E-state index in [1.165, 1.54) is 19.4 Å². The Morgan fingerprint density at radius 1 is 1.56 bits per heavy atom. The van der Waals surface area contributed by atoms with Crippen molar-refractivity contribution >= 4 is 0 Å². The predicted octanol–water partition coefficient (Wildman–Crippen LogP) is 1.39. The molecule has 1 N–H and O–H groups in total. The van der Waals surface area contributed by atoms with Crippen molar-refractivity contribution in [1.82, 2.24) is 5.32 Å². The molecule has 0 bridgehead atoms. The summed E-state index contributed by atoms with van der Waals surface area (Å²) in [5.74, 6) is 1.91. The highest BCUT2D eigenvalue weighted by Crippen LogP contribution is 2.53. The molecule has 2 rings (SSSR count). The topological polar surface area (TPSA) is 12.0 Å². The van der Waals surface area contributed by atoms with Crippen LogP contribution in [0.5, 0.6) is 0 Å². The minimum atomic E-state index is 0.661. The van der Waals surface area contributed by atoms with Crippen LogP contribution in [0, 0.1) is 11.8 Å². The minimum absolute atomic E-state index is 0.661. The molecule has 9 heavy (non-hydrogen) atoms. The van der Waals surface area contributed by atoms with E-state index >= 15 is 0 Å². The first-order chi connectivity index (χ1) is 4.25. The average Bonchev–Trinajstić information content (AvgIpc) is 2.34. The molecule has 1 aliphatic heterocycles. The van der Waals surface area contributed by atoms with Gasteiger partial charge in [0.25, 0.3) is 0 Å². The SMILES string of the molecule is CC(C)C1CC12CCN2. The lowest BCUT2D eigenvalue weighted by molar-refractivity contribution is 0.295. The molecule has 1 spiro atoms. The van der Waals surface area contributed by atoms with Gasteiger partial charge in [0.15, 0.2) is 0 Å². The summed E-state index contributed by atoms with van der Waals surface area (Å²) in [7, 11) is 0. The van der Waals surface area contributed by atoms with Gasteiger partial charge in [-0.25, -0.2) is 0 Å². The third-order valence-electron chi connectivity index (χ3n) is 2.99. The van der Waals surface area contributed by atoms with Crippen molar-refractivity contribution in [3.63, 3.8) is 0 Å². The van der Waals surface area contributed by atoms with Crippen molar-refractivity contribution in [3.05, 3.63) is 0 Å². The number of hydrogen-bond acceptors (Lipinski definition) is 1. The highest BCUT2D eigenvalue weighted by Gasteiger charge is 2.58. The molecule has 0 radical (unpaired) electrons. The Labute approximate surface area is 56.8 Å². The van der Waals surface area contributed by atoms with E-state index in [0.29, 0.717) is 5.54 Å². The van der Waals surface area contributed by atoms with E-state index in [-0.39, 0.29) is 0 Å². The third-order valence-corrected chi connectivity index (χ3v) is 2.99. The highest BCUT2D eigenvalue weighted by molar-refractivity contribution is 5.16. The van der Waals surface area contributed by atoms with Crippen LogP contribution in [0.1, 0.15) is 26.7 Å². The molecular formula is C8H15N. The second-order valence-corrected chi connectivity index (χ2v) is 3.89. The van der Waals surface area contributed by atoms with Gasteiger partial charge in [0.1, 0.15) is 0 Å². The summed E-state index contributed by atoms with van der Waals surface area (Å²) in [5, 5.41) is 3.53. The molecular weight excluding hydrogens is 110 g/mol. The van der Waals surface area contributed by atoms with Gasteiger partial charge < -0.3 is 5.32 Å². The highest BCUT2D eigenvalue weighted by atomic mass is 15.1. The summed E-state index contributed by atoms with van der Waals surface area (Å²) in [4.78, 5) is 0. The van der Waals surface area contributed by atoms with Gasteiger partial charge in [0, 0.05) is 5.54 Å². The van der Waals surface area contributed by atoms with E-state index in [0.717, 1.165) is 11.8 Å². The molecule has 2 unspecified atom stereocenters. The molecule has 1 nitrogen and oxygen atoms in total. The van der Waals surface area contributed by atoms with E-state index in [9.17, 15) is 0 Å². The first-order valence-electron chi connectivity index (χ1n) is 4.00. The zero-order valence-corrected chi connectivity index (χ0v) is 6.28. The zero-order valence-electron chi connectivity index (χ0n) is 6.28. The van der Waals surface area contributed by atoms with E-state index in [2.05, 4.69) is 19.2 Å². The van der Waals surface area contributed by atoms with Crippen LogP contribution in [0.15, 0.2) is 0 Å². The van der Waals surface area contributed by atoms with Crippen LogP contribution in [0.2, 0.25) is 0 Å². The van der Waals surface area contributed by atoms with Gasteiger partial charge in [-0.1, -0.05) is 13.8 Å². The second-order valence-electron chi connectivity index (χ2n) is 3.89. The van der Waals surface area contributed by atoms with E-state index in [1.807, 2.05) is 0 Å². The summed E-state index contributed by atoms with van der Waals surface area (Å²) in [6.07, 6.45) is 2.89. The Hall–Kier alpha value is -0.0400. The van der Waals surface area contributed by atoms with E-state index < -0.39 is 0 Å². The Bertz CT molecular complexity index is 125. The maximum atomic E-state index is 3.53. The molecule has 0 aromatic rings. The van der Waals surface area contributed by atoms with Gasteiger partial charge in [-0.15, -0.1) is 0 Å². The molecule has 1 heterocycles. The molecule has 2 fully saturated rings. The Morgan fingerprint density at radius 2 is 2.22 bits per heavy atom. The standard InChI is InChI=1S/C8H15N/c1-6(2)7-5-8(7)3-4-9-8/h6-7,9H,3-5H2,1-2H3. The van der Waals surface area contributed by atoms with Crippen LogP contribution in [0.4, 0.5) is 0 Å². The van der Waals surface area contributed by atoms with Crippen molar-refractivity contribution in [2.75, 3.05) is 6.54 Å². The van der Waals surface area contributed by atoms with Crippen molar-refractivity contribution in [2.24, 2.45) is 11.8 Å². The summed E-state index contributed by atoms with van der Waals surface area (Å²) >= 11 is 0. The van der Waals surface area contributed by atoms with Gasteiger partial charge in [-0.05, 0) is 31.2 Å². The van der Waals surface area contributed by atoms with Crippen molar-refractivity contribution in [2.45, 2.75) is 32.2 Å². The third kappa shape index (κ3) is 0.644. The van der Waals surface area contributed by atoms with Crippen molar-refractivity contribution in [3.8, 4) is 0 Å². The minimum Gasteiger partial charge on any atom is -0.311 e. The predicted molar refractivity (Wildman–Crippen MR) is 38.3 cm³/mol. The smallest absolute Gasteiger partial charge is 0.0228 e. The van der Waals surface area contributed by atoms with Gasteiger partial charge in [-0.2, -0.15) is 0 Å². The number of nitrogens with one attached hydrogen (secondary N) is 1. The van der Waals surface area contributed by atoms with Crippen LogP contribution in [-0.2, 0) is 0 Å². The summed E-state index contributed by atoms with van der Waals surface area (Å²) < 4.78 is 0. The Balaban J connectivity index is 1.94. The van der Waals surface area contributed by atoms with E-state index in [4.69, 9.17) is 0 Å². The summed E-state index contributed by atoms with van der Waals surface area (Å²) in [6, 6.07) is 0. The second kappa shape index (κ2) is 1.51. The van der Waals surface area contributed by atoms with Crippen LogP contribution in [-0.4, -0.2) is 12.1 Å². The normalized spacial score (nSPS) is 47.7. The van der Waals surface area contributed by atoms with Gasteiger partial charge >= 0.3 is 0 Å². The molecule has 2 atom stereocenters. The maximum absolute atomic E-state index is 3.53. The van der Waals surface area contributed by atoms with Crippen LogP contribution < -0.4 is 5.32 Å². The van der Waals surface area contributed by atoms with Crippen molar-refractivity contribution in [1.29, 1.82) is 0 Å². The first-order valence-corrected chi connectivity index (χ1v) is 4.00. The first kappa shape index (κ1) is 5.72. The lowest BCUT2D eigenvalue weighted by Crippen LogP contribution is -2.47. The Kier molecular flexibility index (Phi) is 0.963. The quantitative estimate of drug-likeness (QED) is 0.558. The van der Waals surface area contributed by atoms with E-state index in [1.54, 1.807) is 0 Å². The lowest BCUT2D eigenvalue weighted by Gasteiger charge is -2.30. The zero-order chi connectivity index (χ0) is 6.48. The fourth-order valence-corrected chi connectivity index (χ4v) is 2.14. The molecule has 1 heteroatoms. The van der Waals surface area contributed by atoms with Crippen LogP contribution in [0.25, 0.3) is 0 Å². The largest absolute Gasteiger partial charge is 0.311 e. The fourth-order valence-electron chi connectivity index (χ4n) is 2.14. The number of hydrogen-bond donors (Lipinski definition) is 1. The monoisotopic (exact) mass is 125 g/mol. The molecule has 1 saturated carbocycles. The summed E-state index contributed by atoms with van der Waals surface area (Å²) in [5.41, 5.74) is 0.661. The average molecular weight is 125 g/mol. The molecule has 0 amide bonds. The molecule has 52 valence electrons. The van der Waals surface area contributed by atoms with Crippen molar-refractivity contribution < 1.29 is 0 Å².